The molecule has 98 valence electrons. The number of aromatic nitrogens is 1. The normalized spacial score (nSPS) is 12.2. The van der Waals surface area contributed by atoms with Gasteiger partial charge in [-0.1, -0.05) is 54.5 Å². The number of hydrogen-bond acceptors (Lipinski definition) is 1. The van der Waals surface area contributed by atoms with Crippen LogP contribution in [0.1, 0.15) is 17.2 Å². The lowest BCUT2D eigenvalue weighted by Crippen LogP contribution is -1.97. The molecule has 0 spiro atoms. The Morgan fingerprint density at radius 1 is 1.05 bits per heavy atom. The number of rotatable bonds is 3. The number of benzene rings is 2. The lowest BCUT2D eigenvalue weighted by atomic mass is 10.1. The smallest absolute Gasteiger partial charge is 0.142 e. The Morgan fingerprint density at radius 2 is 1.75 bits per heavy atom. The summed E-state index contributed by atoms with van der Waals surface area (Å²) in [5.74, 6) is 2.39. The molecule has 0 aliphatic heterocycles. The maximum absolute atomic E-state index is 9.96. The van der Waals surface area contributed by atoms with Crippen molar-refractivity contribution in [2.75, 3.05) is 0 Å². The van der Waals surface area contributed by atoms with Crippen molar-refractivity contribution in [3.63, 3.8) is 0 Å². The Labute approximate surface area is 118 Å². The highest BCUT2D eigenvalue weighted by atomic mass is 16.3. The van der Waals surface area contributed by atoms with E-state index in [0.717, 1.165) is 23.0 Å². The summed E-state index contributed by atoms with van der Waals surface area (Å²) in [6.07, 6.45) is 6.43. The third-order valence-corrected chi connectivity index (χ3v) is 3.47. The zero-order chi connectivity index (χ0) is 13.9. The van der Waals surface area contributed by atoms with Gasteiger partial charge in [0.15, 0.2) is 0 Å². The summed E-state index contributed by atoms with van der Waals surface area (Å²) in [6, 6.07) is 18.2. The highest BCUT2D eigenvalue weighted by molar-refractivity contribution is 5.84. The molecule has 0 aliphatic rings. The number of nitrogens with zero attached hydrogens (tertiary/aromatic N) is 1. The SMILES string of the molecule is C#CC(O)c1cn(Cc2ccccc2)c2ccccc12. The van der Waals surface area contributed by atoms with Gasteiger partial charge in [0.1, 0.15) is 6.10 Å². The van der Waals surface area contributed by atoms with Gasteiger partial charge in [0.2, 0.25) is 0 Å². The van der Waals surface area contributed by atoms with Crippen LogP contribution in [0.5, 0.6) is 0 Å². The molecular weight excluding hydrogens is 246 g/mol. The average Bonchev–Trinajstić information content (AvgIpc) is 2.87. The van der Waals surface area contributed by atoms with Crippen LogP contribution in [0.3, 0.4) is 0 Å². The summed E-state index contributed by atoms with van der Waals surface area (Å²) in [5.41, 5.74) is 3.09. The van der Waals surface area contributed by atoms with Crippen molar-refractivity contribution >= 4 is 10.9 Å². The van der Waals surface area contributed by atoms with E-state index in [1.165, 1.54) is 5.56 Å². The van der Waals surface area contributed by atoms with Gasteiger partial charge in [0.05, 0.1) is 0 Å². The Hall–Kier alpha value is -2.50. The van der Waals surface area contributed by atoms with E-state index in [1.807, 2.05) is 48.7 Å². The first-order chi connectivity index (χ1) is 9.79. The zero-order valence-electron chi connectivity index (χ0n) is 11.0. The minimum absolute atomic E-state index is 0.763. The van der Waals surface area contributed by atoms with E-state index in [0.29, 0.717) is 0 Å². The first kappa shape index (κ1) is 12.5. The van der Waals surface area contributed by atoms with E-state index in [9.17, 15) is 5.11 Å². The van der Waals surface area contributed by atoms with E-state index in [2.05, 4.69) is 22.6 Å². The first-order valence-electron chi connectivity index (χ1n) is 6.55. The molecule has 2 aromatic carbocycles. The molecular formula is C18H15NO. The molecule has 0 saturated carbocycles. The number of aliphatic hydroxyl groups is 1. The Bertz CT molecular complexity index is 765. The maximum Gasteiger partial charge on any atom is 0.142 e. The Kier molecular flexibility index (Phi) is 3.28. The molecule has 1 N–H and O–H groups in total. The first-order valence-corrected chi connectivity index (χ1v) is 6.55. The zero-order valence-corrected chi connectivity index (χ0v) is 11.0. The summed E-state index contributed by atoms with van der Waals surface area (Å²) in [5, 5.41) is 11.0. The highest BCUT2D eigenvalue weighted by Gasteiger charge is 2.13. The van der Waals surface area contributed by atoms with Crippen molar-refractivity contribution in [2.24, 2.45) is 0 Å². The molecule has 0 bridgehead atoms. The molecule has 3 rings (SSSR count). The topological polar surface area (TPSA) is 25.2 Å². The third kappa shape index (κ3) is 2.20. The fourth-order valence-electron chi connectivity index (χ4n) is 2.49. The second kappa shape index (κ2) is 5.24. The van der Waals surface area contributed by atoms with Crippen molar-refractivity contribution < 1.29 is 5.11 Å². The molecule has 0 radical (unpaired) electrons. The van der Waals surface area contributed by atoms with Gasteiger partial charge in [-0.2, -0.15) is 0 Å². The van der Waals surface area contributed by atoms with Gasteiger partial charge in [-0.05, 0) is 11.6 Å². The van der Waals surface area contributed by atoms with Crippen LogP contribution >= 0.6 is 0 Å². The second-order valence-electron chi connectivity index (χ2n) is 4.78. The summed E-state index contributed by atoms with van der Waals surface area (Å²) in [6.45, 7) is 0.763. The molecule has 2 heteroatoms. The monoisotopic (exact) mass is 261 g/mol. The molecule has 1 heterocycles. The van der Waals surface area contributed by atoms with Gasteiger partial charge in [-0.15, -0.1) is 6.42 Å². The van der Waals surface area contributed by atoms with E-state index in [4.69, 9.17) is 6.42 Å². The van der Waals surface area contributed by atoms with Gasteiger partial charge < -0.3 is 9.67 Å². The van der Waals surface area contributed by atoms with Crippen LogP contribution in [0, 0.1) is 12.3 Å². The maximum atomic E-state index is 9.96. The van der Waals surface area contributed by atoms with Crippen LogP contribution in [0.25, 0.3) is 10.9 Å². The molecule has 1 unspecified atom stereocenters. The fourth-order valence-corrected chi connectivity index (χ4v) is 2.49. The fraction of sp³-hybridized carbons (Fsp3) is 0.111. The molecule has 0 fully saturated rings. The van der Waals surface area contributed by atoms with Gasteiger partial charge in [-0.3, -0.25) is 0 Å². The van der Waals surface area contributed by atoms with Crippen molar-refractivity contribution in [2.45, 2.75) is 12.6 Å². The number of aliphatic hydroxyl groups excluding tert-OH is 1. The number of fused-ring (bicyclic) bond motifs is 1. The van der Waals surface area contributed by atoms with Gasteiger partial charge >= 0.3 is 0 Å². The molecule has 1 atom stereocenters. The molecule has 0 amide bonds. The Morgan fingerprint density at radius 3 is 2.50 bits per heavy atom. The third-order valence-electron chi connectivity index (χ3n) is 3.47. The van der Waals surface area contributed by atoms with Crippen LogP contribution in [0.15, 0.2) is 60.8 Å². The van der Waals surface area contributed by atoms with Crippen LogP contribution < -0.4 is 0 Å². The summed E-state index contributed by atoms with van der Waals surface area (Å²) in [7, 11) is 0. The average molecular weight is 261 g/mol. The number of para-hydroxylation sites is 1. The van der Waals surface area contributed by atoms with Crippen molar-refractivity contribution in [1.82, 2.24) is 4.57 Å². The number of hydrogen-bond donors (Lipinski definition) is 1. The van der Waals surface area contributed by atoms with Gasteiger partial charge in [0, 0.05) is 29.2 Å². The number of terminal acetylenes is 1. The summed E-state index contributed by atoms with van der Waals surface area (Å²) in [4.78, 5) is 0. The van der Waals surface area contributed by atoms with Crippen LogP contribution in [-0.4, -0.2) is 9.67 Å². The highest BCUT2D eigenvalue weighted by Crippen LogP contribution is 2.26. The predicted octanol–water partition coefficient (Wildman–Crippen LogP) is 3.36. The predicted molar refractivity (Wildman–Crippen MR) is 81.3 cm³/mol. The van der Waals surface area contributed by atoms with E-state index >= 15 is 0 Å². The van der Waals surface area contributed by atoms with E-state index < -0.39 is 6.10 Å². The van der Waals surface area contributed by atoms with Crippen LogP contribution in [-0.2, 0) is 6.54 Å². The molecule has 1 aromatic heterocycles. The molecule has 2 nitrogen and oxygen atoms in total. The molecule has 3 aromatic rings. The lowest BCUT2D eigenvalue weighted by molar-refractivity contribution is 0.240. The minimum Gasteiger partial charge on any atom is -0.376 e. The van der Waals surface area contributed by atoms with Crippen molar-refractivity contribution in [1.29, 1.82) is 0 Å². The van der Waals surface area contributed by atoms with E-state index in [1.54, 1.807) is 0 Å². The lowest BCUT2D eigenvalue weighted by Gasteiger charge is -2.05. The molecule has 0 saturated heterocycles. The largest absolute Gasteiger partial charge is 0.376 e. The van der Waals surface area contributed by atoms with Crippen LogP contribution in [0.2, 0.25) is 0 Å². The standard InChI is InChI=1S/C18H15NO/c1-2-18(20)16-13-19(12-14-8-4-3-5-9-14)17-11-7-6-10-15(16)17/h1,3-11,13,18,20H,12H2. The van der Waals surface area contributed by atoms with Crippen molar-refractivity contribution in [3.8, 4) is 12.3 Å². The van der Waals surface area contributed by atoms with E-state index in [-0.39, 0.29) is 0 Å². The Balaban J connectivity index is 2.10. The van der Waals surface area contributed by atoms with Gasteiger partial charge in [-0.25, -0.2) is 0 Å². The summed E-state index contributed by atoms with van der Waals surface area (Å²) < 4.78 is 2.13. The molecule has 20 heavy (non-hydrogen) atoms. The minimum atomic E-state index is -0.864. The molecule has 0 aliphatic carbocycles. The second-order valence-corrected chi connectivity index (χ2v) is 4.78. The quantitative estimate of drug-likeness (QED) is 0.719. The van der Waals surface area contributed by atoms with Crippen LogP contribution in [0.4, 0.5) is 0 Å². The van der Waals surface area contributed by atoms with Crippen molar-refractivity contribution in [3.05, 3.63) is 71.9 Å². The summed E-state index contributed by atoms with van der Waals surface area (Å²) >= 11 is 0. The van der Waals surface area contributed by atoms with Gasteiger partial charge in [0.25, 0.3) is 0 Å².